The smallest absolute Gasteiger partial charge is 0.358 e. The Bertz CT molecular complexity index is 456. The summed E-state index contributed by atoms with van der Waals surface area (Å²) in [5.41, 5.74) is -0.366. The van der Waals surface area contributed by atoms with E-state index in [-0.39, 0.29) is 11.4 Å². The number of carbonyl (C=O) groups is 1. The quantitative estimate of drug-likeness (QED) is 0.848. The van der Waals surface area contributed by atoms with Crippen molar-refractivity contribution >= 4 is 11.8 Å². The van der Waals surface area contributed by atoms with Gasteiger partial charge in [0.1, 0.15) is 5.82 Å². The zero-order valence-corrected chi connectivity index (χ0v) is 10.2. The lowest BCUT2D eigenvalue weighted by Crippen LogP contribution is -2.30. The molecule has 0 atom stereocenters. The second kappa shape index (κ2) is 5.12. The first-order chi connectivity index (χ1) is 8.63. The zero-order chi connectivity index (χ0) is 13.1. The highest BCUT2D eigenvalue weighted by Gasteiger charge is 2.21. The van der Waals surface area contributed by atoms with Gasteiger partial charge in [0, 0.05) is 19.2 Å². The molecule has 0 aliphatic carbocycles. The van der Waals surface area contributed by atoms with Crippen molar-refractivity contribution in [2.75, 3.05) is 25.1 Å². The molecule has 2 N–H and O–H groups in total. The molecule has 1 fully saturated rings. The molecule has 98 valence electrons. The molecule has 0 unspecified atom stereocenters. The molecule has 0 radical (unpaired) electrons. The van der Waals surface area contributed by atoms with E-state index >= 15 is 0 Å². The SMILES string of the molecule is COc1cc(N2CCCCC2)nc(C(=O)O)c1O. The molecule has 18 heavy (non-hydrogen) atoms. The molecule has 2 rings (SSSR count). The van der Waals surface area contributed by atoms with Crippen molar-refractivity contribution in [3.8, 4) is 11.5 Å². The van der Waals surface area contributed by atoms with Crippen LogP contribution in [-0.4, -0.2) is 41.4 Å². The normalized spacial score (nSPS) is 15.5. The van der Waals surface area contributed by atoms with Crippen LogP contribution in [0.5, 0.6) is 11.5 Å². The fraction of sp³-hybridized carbons (Fsp3) is 0.500. The van der Waals surface area contributed by atoms with Gasteiger partial charge in [0.05, 0.1) is 7.11 Å². The minimum Gasteiger partial charge on any atom is -0.503 e. The van der Waals surface area contributed by atoms with Crippen LogP contribution in [0.25, 0.3) is 0 Å². The van der Waals surface area contributed by atoms with Gasteiger partial charge in [-0.3, -0.25) is 0 Å². The second-order valence-corrected chi connectivity index (χ2v) is 4.23. The van der Waals surface area contributed by atoms with Crippen LogP contribution in [0.3, 0.4) is 0 Å². The van der Waals surface area contributed by atoms with Crippen LogP contribution in [-0.2, 0) is 0 Å². The second-order valence-electron chi connectivity index (χ2n) is 4.23. The van der Waals surface area contributed by atoms with Crippen LogP contribution >= 0.6 is 0 Å². The molecule has 6 nitrogen and oxygen atoms in total. The largest absolute Gasteiger partial charge is 0.503 e. The average molecular weight is 252 g/mol. The number of carboxylic acids is 1. The van der Waals surface area contributed by atoms with Crippen LogP contribution in [0, 0.1) is 0 Å². The number of hydrogen-bond donors (Lipinski definition) is 2. The van der Waals surface area contributed by atoms with Gasteiger partial charge in [-0.2, -0.15) is 0 Å². The lowest BCUT2D eigenvalue weighted by molar-refractivity contribution is 0.0686. The molecular weight excluding hydrogens is 236 g/mol. The van der Waals surface area contributed by atoms with Gasteiger partial charge in [0.15, 0.2) is 17.2 Å². The predicted molar refractivity (Wildman–Crippen MR) is 65.5 cm³/mol. The molecule has 0 aromatic carbocycles. The highest BCUT2D eigenvalue weighted by atomic mass is 16.5. The number of aromatic hydroxyl groups is 1. The summed E-state index contributed by atoms with van der Waals surface area (Å²) in [6, 6.07) is 1.58. The lowest BCUT2D eigenvalue weighted by Gasteiger charge is -2.28. The Labute approximate surface area is 105 Å². The Morgan fingerprint density at radius 3 is 2.61 bits per heavy atom. The third kappa shape index (κ3) is 2.32. The Morgan fingerprint density at radius 2 is 2.06 bits per heavy atom. The fourth-order valence-corrected chi connectivity index (χ4v) is 2.09. The number of aromatic carboxylic acids is 1. The molecule has 1 aliphatic rings. The molecule has 0 saturated carbocycles. The van der Waals surface area contributed by atoms with Crippen molar-refractivity contribution in [1.29, 1.82) is 0 Å². The number of ether oxygens (including phenoxy) is 1. The van der Waals surface area contributed by atoms with Crippen molar-refractivity contribution in [2.45, 2.75) is 19.3 Å². The first kappa shape index (κ1) is 12.5. The minimum atomic E-state index is -1.26. The Morgan fingerprint density at radius 1 is 1.39 bits per heavy atom. The number of piperidine rings is 1. The van der Waals surface area contributed by atoms with Crippen LogP contribution < -0.4 is 9.64 Å². The number of hydrogen-bond acceptors (Lipinski definition) is 5. The van der Waals surface area contributed by atoms with E-state index in [9.17, 15) is 9.90 Å². The van der Waals surface area contributed by atoms with Crippen LogP contribution in [0.15, 0.2) is 6.07 Å². The number of aromatic nitrogens is 1. The molecule has 0 bridgehead atoms. The topological polar surface area (TPSA) is 82.9 Å². The van der Waals surface area contributed by atoms with E-state index in [4.69, 9.17) is 9.84 Å². The van der Waals surface area contributed by atoms with E-state index in [2.05, 4.69) is 4.98 Å². The molecular formula is C12H16N2O4. The molecule has 1 aliphatic heterocycles. The van der Waals surface area contributed by atoms with E-state index in [0.717, 1.165) is 25.9 Å². The summed E-state index contributed by atoms with van der Waals surface area (Å²) in [6.45, 7) is 1.69. The lowest BCUT2D eigenvalue weighted by atomic mass is 10.1. The van der Waals surface area contributed by atoms with Gasteiger partial charge in [-0.25, -0.2) is 9.78 Å². The van der Waals surface area contributed by atoms with E-state index in [1.54, 1.807) is 6.07 Å². The Kier molecular flexibility index (Phi) is 3.55. The van der Waals surface area contributed by atoms with E-state index in [0.29, 0.717) is 5.82 Å². The molecule has 0 spiro atoms. The van der Waals surface area contributed by atoms with Gasteiger partial charge in [-0.05, 0) is 19.3 Å². The first-order valence-electron chi connectivity index (χ1n) is 5.89. The first-order valence-corrected chi connectivity index (χ1v) is 5.89. The monoisotopic (exact) mass is 252 g/mol. The Hall–Kier alpha value is -1.98. The number of methoxy groups -OCH3 is 1. The summed E-state index contributed by atoms with van der Waals surface area (Å²) < 4.78 is 4.99. The summed E-state index contributed by atoms with van der Waals surface area (Å²) in [5.74, 6) is -1.000. The van der Waals surface area contributed by atoms with Crippen LogP contribution in [0.4, 0.5) is 5.82 Å². The fourth-order valence-electron chi connectivity index (χ4n) is 2.09. The standard InChI is InChI=1S/C12H16N2O4/c1-18-8-7-9(14-5-3-2-4-6-14)13-10(11(8)15)12(16)17/h7,15H,2-6H2,1H3,(H,16,17). The summed E-state index contributed by atoms with van der Waals surface area (Å²) in [4.78, 5) is 17.0. The number of pyridine rings is 1. The third-order valence-corrected chi connectivity index (χ3v) is 3.05. The highest BCUT2D eigenvalue weighted by Crippen LogP contribution is 2.33. The Balaban J connectivity index is 2.41. The zero-order valence-electron chi connectivity index (χ0n) is 10.2. The summed E-state index contributed by atoms with van der Waals surface area (Å²) in [6.07, 6.45) is 3.30. The maximum atomic E-state index is 11.0. The minimum absolute atomic E-state index is 0.142. The van der Waals surface area contributed by atoms with Crippen molar-refractivity contribution in [2.24, 2.45) is 0 Å². The summed E-state index contributed by atoms with van der Waals surface area (Å²) >= 11 is 0. The van der Waals surface area contributed by atoms with E-state index in [1.807, 2.05) is 4.90 Å². The van der Waals surface area contributed by atoms with Crippen molar-refractivity contribution in [1.82, 2.24) is 4.98 Å². The third-order valence-electron chi connectivity index (χ3n) is 3.05. The van der Waals surface area contributed by atoms with Gasteiger partial charge >= 0.3 is 5.97 Å². The van der Waals surface area contributed by atoms with Gasteiger partial charge < -0.3 is 19.8 Å². The number of anilines is 1. The highest BCUT2D eigenvalue weighted by molar-refractivity contribution is 5.90. The summed E-state index contributed by atoms with van der Waals surface area (Å²) in [5, 5.41) is 18.7. The van der Waals surface area contributed by atoms with Crippen molar-refractivity contribution < 1.29 is 19.7 Å². The van der Waals surface area contributed by atoms with Gasteiger partial charge in [0.2, 0.25) is 0 Å². The van der Waals surface area contributed by atoms with Crippen LogP contribution in [0.1, 0.15) is 29.8 Å². The number of nitrogens with zero attached hydrogens (tertiary/aromatic N) is 2. The predicted octanol–water partition coefficient (Wildman–Crippen LogP) is 1.48. The molecule has 2 heterocycles. The average Bonchev–Trinajstić information content (AvgIpc) is 2.39. The van der Waals surface area contributed by atoms with Crippen molar-refractivity contribution in [3.63, 3.8) is 0 Å². The van der Waals surface area contributed by atoms with Crippen molar-refractivity contribution in [3.05, 3.63) is 11.8 Å². The maximum absolute atomic E-state index is 11.0. The molecule has 1 saturated heterocycles. The molecule has 1 aromatic heterocycles. The molecule has 1 aromatic rings. The maximum Gasteiger partial charge on any atom is 0.358 e. The van der Waals surface area contributed by atoms with Gasteiger partial charge in [-0.15, -0.1) is 0 Å². The van der Waals surface area contributed by atoms with Gasteiger partial charge in [0.25, 0.3) is 0 Å². The number of rotatable bonds is 3. The van der Waals surface area contributed by atoms with Gasteiger partial charge in [-0.1, -0.05) is 0 Å². The molecule has 6 heteroatoms. The van der Waals surface area contributed by atoms with Crippen LogP contribution in [0.2, 0.25) is 0 Å². The summed E-state index contributed by atoms with van der Waals surface area (Å²) in [7, 11) is 1.39. The molecule has 0 amide bonds. The van der Waals surface area contributed by atoms with E-state index in [1.165, 1.54) is 13.5 Å². The van der Waals surface area contributed by atoms with E-state index < -0.39 is 11.7 Å². The number of carboxylic acid groups (broad SMARTS) is 1.